The summed E-state index contributed by atoms with van der Waals surface area (Å²) in [6.07, 6.45) is -0.169. The molecule has 2 heterocycles. The van der Waals surface area contributed by atoms with Gasteiger partial charge in [-0.1, -0.05) is 11.6 Å². The van der Waals surface area contributed by atoms with E-state index in [1.807, 2.05) is 6.07 Å². The van der Waals surface area contributed by atoms with E-state index < -0.39 is 28.5 Å². The van der Waals surface area contributed by atoms with E-state index in [1.165, 1.54) is 28.6 Å². The van der Waals surface area contributed by atoms with Crippen molar-refractivity contribution in [2.75, 3.05) is 38.2 Å². The van der Waals surface area contributed by atoms with Crippen LogP contribution in [0.5, 0.6) is 0 Å². The number of esters is 1. The molecule has 1 aliphatic heterocycles. The summed E-state index contributed by atoms with van der Waals surface area (Å²) in [5.41, 5.74) is 0.434. The van der Waals surface area contributed by atoms with Gasteiger partial charge < -0.3 is 14.8 Å². The molecule has 1 saturated heterocycles. The van der Waals surface area contributed by atoms with Gasteiger partial charge in [-0.05, 0) is 30.3 Å². The molecule has 0 unspecified atom stereocenters. The molecule has 1 N–H and O–H groups in total. The van der Waals surface area contributed by atoms with Crippen LogP contribution in [0.15, 0.2) is 34.5 Å². The monoisotopic (exact) mass is 483 g/mol. The molecule has 1 aliphatic rings. The number of benzene rings is 1. The van der Waals surface area contributed by atoms with Crippen LogP contribution in [-0.4, -0.2) is 57.5 Å². The summed E-state index contributed by atoms with van der Waals surface area (Å²) >= 11 is 6.84. The topological polar surface area (TPSA) is 126 Å². The van der Waals surface area contributed by atoms with E-state index in [4.69, 9.17) is 26.3 Å². The fourth-order valence-corrected chi connectivity index (χ4v) is 5.82. The number of hydrogen-bond acceptors (Lipinski definition) is 8. The van der Waals surface area contributed by atoms with E-state index in [9.17, 15) is 18.0 Å². The number of sulfonamides is 1. The van der Waals surface area contributed by atoms with Gasteiger partial charge in [0.05, 0.1) is 30.9 Å². The summed E-state index contributed by atoms with van der Waals surface area (Å²) in [5, 5.41) is 11.9. The molecule has 0 spiro atoms. The lowest BCUT2D eigenvalue weighted by Crippen LogP contribution is -2.40. The molecule has 0 radical (unpaired) electrons. The van der Waals surface area contributed by atoms with Crippen molar-refractivity contribution in [2.24, 2.45) is 0 Å². The fraction of sp³-hybridized carbons (Fsp3) is 0.316. The molecule has 2 aromatic rings. The average molecular weight is 484 g/mol. The minimum atomic E-state index is -3.63. The maximum Gasteiger partial charge on any atom is 0.311 e. The Morgan fingerprint density at radius 1 is 1.26 bits per heavy atom. The molecule has 1 aromatic heterocycles. The third-order valence-corrected chi connectivity index (χ3v) is 7.95. The number of carbonyl (C=O) groups is 2. The lowest BCUT2D eigenvalue weighted by molar-refractivity contribution is -0.146. The third kappa shape index (κ3) is 6.03. The molecular formula is C19H18ClN3O6S2. The molecule has 0 atom stereocenters. The van der Waals surface area contributed by atoms with Crippen molar-refractivity contribution >= 4 is 50.5 Å². The zero-order chi connectivity index (χ0) is 22.4. The van der Waals surface area contributed by atoms with E-state index in [0.29, 0.717) is 23.1 Å². The molecule has 0 aliphatic carbocycles. The Bertz CT molecular complexity index is 1120. The highest BCUT2D eigenvalue weighted by molar-refractivity contribution is 7.91. The van der Waals surface area contributed by atoms with Crippen molar-refractivity contribution in [1.29, 1.82) is 5.26 Å². The van der Waals surface area contributed by atoms with E-state index in [0.717, 1.165) is 11.3 Å². The Balaban J connectivity index is 1.53. The smallest absolute Gasteiger partial charge is 0.311 e. The van der Waals surface area contributed by atoms with Gasteiger partial charge in [0, 0.05) is 23.0 Å². The largest absolute Gasteiger partial charge is 0.455 e. The summed E-state index contributed by atoms with van der Waals surface area (Å²) in [6.45, 7) is 0.702. The van der Waals surface area contributed by atoms with Gasteiger partial charge in [0.2, 0.25) is 0 Å². The number of thiophene rings is 1. The number of nitrogens with one attached hydrogen (secondary N) is 1. The van der Waals surface area contributed by atoms with Crippen molar-refractivity contribution in [3.63, 3.8) is 0 Å². The van der Waals surface area contributed by atoms with Gasteiger partial charge in [-0.2, -0.15) is 9.57 Å². The van der Waals surface area contributed by atoms with Gasteiger partial charge in [0.25, 0.3) is 15.9 Å². The lowest BCUT2D eigenvalue weighted by atomic mass is 10.2. The lowest BCUT2D eigenvalue weighted by Gasteiger charge is -2.25. The second-order valence-corrected chi connectivity index (χ2v) is 10.2. The fourth-order valence-electron chi connectivity index (χ4n) is 2.75. The highest BCUT2D eigenvalue weighted by Gasteiger charge is 2.28. The van der Waals surface area contributed by atoms with E-state index in [-0.39, 0.29) is 35.0 Å². The summed E-state index contributed by atoms with van der Waals surface area (Å²) in [5.74, 6) is -1.31. The van der Waals surface area contributed by atoms with Gasteiger partial charge in [-0.3, -0.25) is 9.59 Å². The van der Waals surface area contributed by atoms with Crippen molar-refractivity contribution < 1.29 is 27.5 Å². The molecule has 0 bridgehead atoms. The van der Waals surface area contributed by atoms with Crippen molar-refractivity contribution in [3.05, 3.63) is 45.8 Å². The van der Waals surface area contributed by atoms with E-state index in [2.05, 4.69) is 5.32 Å². The Kier molecular flexibility index (Phi) is 7.64. The summed E-state index contributed by atoms with van der Waals surface area (Å²) in [4.78, 5) is 24.6. The van der Waals surface area contributed by atoms with Gasteiger partial charge in [0.1, 0.15) is 10.3 Å². The number of amides is 1. The molecule has 1 aromatic carbocycles. The van der Waals surface area contributed by atoms with Crippen molar-refractivity contribution in [2.45, 2.75) is 10.6 Å². The maximum absolute atomic E-state index is 12.6. The predicted octanol–water partition coefficient (Wildman–Crippen LogP) is 2.02. The van der Waals surface area contributed by atoms with Crippen LogP contribution < -0.4 is 5.32 Å². The van der Waals surface area contributed by atoms with Gasteiger partial charge in [-0.15, -0.1) is 11.3 Å². The number of halogens is 1. The average Bonchev–Trinajstić information content (AvgIpc) is 3.22. The molecule has 3 rings (SSSR count). The van der Waals surface area contributed by atoms with E-state index >= 15 is 0 Å². The number of carbonyl (C=O) groups excluding carboxylic acids is 2. The molecule has 0 saturated carbocycles. The Morgan fingerprint density at radius 3 is 2.71 bits per heavy atom. The molecule has 9 nitrogen and oxygen atoms in total. The molecule has 1 amide bonds. The van der Waals surface area contributed by atoms with Crippen molar-refractivity contribution in [3.8, 4) is 6.07 Å². The van der Waals surface area contributed by atoms with Crippen LogP contribution in [0.2, 0.25) is 5.02 Å². The van der Waals surface area contributed by atoms with Crippen LogP contribution in [0.25, 0.3) is 0 Å². The van der Waals surface area contributed by atoms with Crippen LogP contribution >= 0.6 is 22.9 Å². The summed E-state index contributed by atoms with van der Waals surface area (Å²) in [6, 6.07) is 9.32. The Hall–Kier alpha value is -2.49. The number of ether oxygens (including phenoxy) is 2. The number of hydrogen-bond donors (Lipinski definition) is 1. The highest BCUT2D eigenvalue weighted by Crippen LogP contribution is 2.26. The van der Waals surface area contributed by atoms with E-state index in [1.54, 1.807) is 6.07 Å². The predicted molar refractivity (Wildman–Crippen MR) is 113 cm³/mol. The SMILES string of the molecule is N#Cc1ccc(Cl)cc1NC(=O)COC(=O)Cc1ccc(S(=O)(=O)N2CCOCC2)s1. The highest BCUT2D eigenvalue weighted by atomic mass is 35.5. The minimum absolute atomic E-state index is 0.139. The molecule has 164 valence electrons. The normalized spacial score (nSPS) is 14.6. The maximum atomic E-state index is 12.6. The van der Waals surface area contributed by atoms with Gasteiger partial charge in [0.15, 0.2) is 6.61 Å². The molecular weight excluding hydrogens is 466 g/mol. The minimum Gasteiger partial charge on any atom is -0.455 e. The van der Waals surface area contributed by atoms with Crippen LogP contribution in [0.3, 0.4) is 0 Å². The number of nitriles is 1. The van der Waals surface area contributed by atoms with Crippen LogP contribution in [0, 0.1) is 11.3 Å². The second-order valence-electron chi connectivity index (χ2n) is 6.42. The number of rotatable bonds is 7. The quantitative estimate of drug-likeness (QED) is 0.597. The first-order valence-corrected chi connectivity index (χ1v) is 11.7. The summed E-state index contributed by atoms with van der Waals surface area (Å²) in [7, 11) is -3.63. The number of nitrogens with zero attached hydrogens (tertiary/aromatic N) is 2. The van der Waals surface area contributed by atoms with Gasteiger partial charge >= 0.3 is 5.97 Å². The number of morpholine rings is 1. The Morgan fingerprint density at radius 2 is 2.00 bits per heavy atom. The van der Waals surface area contributed by atoms with Crippen LogP contribution in [0.1, 0.15) is 10.4 Å². The third-order valence-electron chi connectivity index (χ3n) is 4.26. The molecule has 12 heteroatoms. The zero-order valence-corrected chi connectivity index (χ0v) is 18.6. The van der Waals surface area contributed by atoms with Crippen LogP contribution in [0.4, 0.5) is 5.69 Å². The standard InChI is InChI=1S/C19H18ClN3O6S2/c20-14-2-1-13(11-21)16(9-14)22-17(24)12-29-18(25)10-15-3-4-19(30-15)31(26,27)23-5-7-28-8-6-23/h1-4,9H,5-8,10,12H2,(H,22,24). The zero-order valence-electron chi connectivity index (χ0n) is 16.2. The Labute approximate surface area is 188 Å². The first-order valence-electron chi connectivity index (χ1n) is 9.11. The van der Waals surface area contributed by atoms with Gasteiger partial charge in [-0.25, -0.2) is 8.42 Å². The van der Waals surface area contributed by atoms with Crippen LogP contribution in [-0.2, 0) is 35.5 Å². The first-order chi connectivity index (χ1) is 14.8. The second kappa shape index (κ2) is 10.2. The first kappa shape index (κ1) is 23.2. The number of anilines is 1. The summed E-state index contributed by atoms with van der Waals surface area (Å²) < 4.78 is 36.9. The molecule has 31 heavy (non-hydrogen) atoms. The van der Waals surface area contributed by atoms with Crippen molar-refractivity contribution in [1.82, 2.24) is 4.31 Å². The molecule has 1 fully saturated rings.